The summed E-state index contributed by atoms with van der Waals surface area (Å²) in [6.07, 6.45) is -2.56. The van der Waals surface area contributed by atoms with Gasteiger partial charge in [0, 0.05) is 11.6 Å². The Kier molecular flexibility index (Phi) is 2.37. The van der Waals surface area contributed by atoms with Crippen LogP contribution in [-0.2, 0) is 13.2 Å². The molecule has 4 heteroatoms. The SMILES string of the molecule is Cc1ccc(C(F)(F)F)c2ccc[n+](C)c12. The van der Waals surface area contributed by atoms with E-state index in [0.717, 1.165) is 11.6 Å². The molecule has 0 fully saturated rings. The minimum Gasteiger partial charge on any atom is -0.201 e. The molecule has 1 nitrogen and oxygen atoms in total. The average molecular weight is 226 g/mol. The second-order valence-electron chi connectivity index (χ2n) is 3.81. The number of alkyl halides is 3. The zero-order valence-electron chi connectivity index (χ0n) is 8.97. The van der Waals surface area contributed by atoms with Crippen molar-refractivity contribution in [3.8, 4) is 0 Å². The fourth-order valence-corrected chi connectivity index (χ4v) is 1.94. The van der Waals surface area contributed by atoms with Gasteiger partial charge in [-0.15, -0.1) is 0 Å². The number of hydrogen-bond acceptors (Lipinski definition) is 0. The van der Waals surface area contributed by atoms with E-state index in [-0.39, 0.29) is 5.39 Å². The van der Waals surface area contributed by atoms with Crippen LogP contribution in [0, 0.1) is 6.92 Å². The summed E-state index contributed by atoms with van der Waals surface area (Å²) in [7, 11) is 1.75. The van der Waals surface area contributed by atoms with Crippen LogP contribution in [0.4, 0.5) is 13.2 Å². The molecule has 84 valence electrons. The van der Waals surface area contributed by atoms with Crippen molar-refractivity contribution in [2.45, 2.75) is 13.1 Å². The van der Waals surface area contributed by atoms with Crippen LogP contribution in [-0.4, -0.2) is 0 Å². The molecule has 0 aliphatic carbocycles. The molecule has 0 atom stereocenters. The molecule has 2 rings (SSSR count). The smallest absolute Gasteiger partial charge is 0.201 e. The van der Waals surface area contributed by atoms with Gasteiger partial charge in [-0.25, -0.2) is 4.57 Å². The lowest BCUT2D eigenvalue weighted by atomic mass is 10.0. The summed E-state index contributed by atoms with van der Waals surface area (Å²) in [5, 5.41) is 0.248. The van der Waals surface area contributed by atoms with E-state index < -0.39 is 11.7 Å². The summed E-state index contributed by atoms with van der Waals surface area (Å²) < 4.78 is 40.0. The third-order valence-electron chi connectivity index (χ3n) is 2.65. The molecule has 0 saturated carbocycles. The first-order chi connectivity index (χ1) is 7.41. The largest absolute Gasteiger partial charge is 0.417 e. The molecular weight excluding hydrogens is 215 g/mol. The number of hydrogen-bond donors (Lipinski definition) is 0. The molecular formula is C12H11F3N+. The van der Waals surface area contributed by atoms with Crippen LogP contribution in [0.1, 0.15) is 11.1 Å². The number of nitrogens with zero attached hydrogens (tertiary/aromatic N) is 1. The van der Waals surface area contributed by atoms with E-state index in [4.69, 9.17) is 0 Å². The van der Waals surface area contributed by atoms with Crippen molar-refractivity contribution < 1.29 is 17.7 Å². The van der Waals surface area contributed by atoms with Crippen molar-refractivity contribution in [2.24, 2.45) is 7.05 Å². The van der Waals surface area contributed by atoms with Crippen LogP contribution in [0.25, 0.3) is 10.9 Å². The Morgan fingerprint density at radius 1 is 1.12 bits per heavy atom. The summed E-state index contributed by atoms with van der Waals surface area (Å²) in [4.78, 5) is 0. The van der Waals surface area contributed by atoms with E-state index in [1.54, 1.807) is 23.9 Å². The van der Waals surface area contributed by atoms with Gasteiger partial charge in [-0.1, -0.05) is 6.07 Å². The molecule has 0 aliphatic rings. The van der Waals surface area contributed by atoms with E-state index in [0.29, 0.717) is 5.52 Å². The standard InChI is InChI=1S/C12H11F3N/c1-8-5-6-10(12(13,14)15)9-4-3-7-16(2)11(8)9/h3-7H,1-2H3/q+1. The van der Waals surface area contributed by atoms with Gasteiger partial charge in [0.05, 0.1) is 10.9 Å². The highest BCUT2D eigenvalue weighted by Crippen LogP contribution is 2.34. The third kappa shape index (κ3) is 1.64. The molecule has 0 bridgehead atoms. The zero-order valence-corrected chi connectivity index (χ0v) is 8.97. The summed E-state index contributed by atoms with van der Waals surface area (Å²) in [5.41, 5.74) is 0.882. The fraction of sp³-hybridized carbons (Fsp3) is 0.250. The Morgan fingerprint density at radius 2 is 1.81 bits per heavy atom. The average Bonchev–Trinajstić information content (AvgIpc) is 2.16. The number of rotatable bonds is 0. The van der Waals surface area contributed by atoms with Crippen molar-refractivity contribution in [3.05, 3.63) is 41.6 Å². The molecule has 1 heterocycles. The first-order valence-corrected chi connectivity index (χ1v) is 4.86. The van der Waals surface area contributed by atoms with Gasteiger partial charge in [0.25, 0.3) is 0 Å². The van der Waals surface area contributed by atoms with Gasteiger partial charge in [0.15, 0.2) is 6.20 Å². The lowest BCUT2D eigenvalue weighted by Gasteiger charge is -2.10. The molecule has 0 unspecified atom stereocenters. The van der Waals surface area contributed by atoms with E-state index in [9.17, 15) is 13.2 Å². The van der Waals surface area contributed by atoms with Gasteiger partial charge in [-0.3, -0.25) is 0 Å². The minimum atomic E-state index is -4.31. The molecule has 1 aromatic carbocycles. The summed E-state index contributed by atoms with van der Waals surface area (Å²) in [6.45, 7) is 1.81. The Bertz CT molecular complexity index is 535. The normalized spacial score (nSPS) is 12.1. The van der Waals surface area contributed by atoms with Crippen LogP contribution in [0.15, 0.2) is 30.5 Å². The predicted octanol–water partition coefficient (Wildman–Crippen LogP) is 2.99. The van der Waals surface area contributed by atoms with Crippen molar-refractivity contribution in [3.63, 3.8) is 0 Å². The van der Waals surface area contributed by atoms with Crippen LogP contribution in [0.5, 0.6) is 0 Å². The maximum atomic E-state index is 12.8. The molecule has 0 N–H and O–H groups in total. The zero-order chi connectivity index (χ0) is 11.9. The number of benzene rings is 1. The van der Waals surface area contributed by atoms with E-state index in [2.05, 4.69) is 0 Å². The Hall–Kier alpha value is -1.58. The van der Waals surface area contributed by atoms with Gasteiger partial charge >= 0.3 is 6.18 Å². The van der Waals surface area contributed by atoms with Gasteiger partial charge in [-0.05, 0) is 19.1 Å². The van der Waals surface area contributed by atoms with Gasteiger partial charge in [-0.2, -0.15) is 13.2 Å². The predicted molar refractivity (Wildman–Crippen MR) is 54.9 cm³/mol. The summed E-state index contributed by atoms with van der Waals surface area (Å²) in [5.74, 6) is 0. The highest BCUT2D eigenvalue weighted by atomic mass is 19.4. The second-order valence-corrected chi connectivity index (χ2v) is 3.81. The van der Waals surface area contributed by atoms with Crippen molar-refractivity contribution in [1.29, 1.82) is 0 Å². The Balaban J connectivity index is 2.90. The van der Waals surface area contributed by atoms with Gasteiger partial charge < -0.3 is 0 Å². The van der Waals surface area contributed by atoms with Crippen LogP contribution in [0.2, 0.25) is 0 Å². The fourth-order valence-electron chi connectivity index (χ4n) is 1.94. The molecule has 16 heavy (non-hydrogen) atoms. The molecule has 2 aromatic rings. The Labute approximate surface area is 91.1 Å². The number of pyridine rings is 1. The number of halogens is 3. The molecule has 0 saturated heterocycles. The highest BCUT2D eigenvalue weighted by molar-refractivity contribution is 5.82. The van der Waals surface area contributed by atoms with E-state index >= 15 is 0 Å². The maximum absolute atomic E-state index is 12.8. The van der Waals surface area contributed by atoms with Crippen molar-refractivity contribution in [2.75, 3.05) is 0 Å². The molecule has 0 radical (unpaired) electrons. The molecule has 0 spiro atoms. The first kappa shape index (κ1) is 10.9. The monoisotopic (exact) mass is 226 g/mol. The topological polar surface area (TPSA) is 3.88 Å². The lowest BCUT2D eigenvalue weighted by molar-refractivity contribution is -0.645. The number of aryl methyl sites for hydroxylation is 2. The maximum Gasteiger partial charge on any atom is 0.417 e. The van der Waals surface area contributed by atoms with E-state index in [1.807, 2.05) is 6.92 Å². The quantitative estimate of drug-likeness (QED) is 0.608. The Morgan fingerprint density at radius 3 is 2.44 bits per heavy atom. The molecule has 1 aromatic heterocycles. The van der Waals surface area contributed by atoms with E-state index in [1.165, 1.54) is 12.1 Å². The van der Waals surface area contributed by atoms with Gasteiger partial charge in [0.2, 0.25) is 5.52 Å². The number of fused-ring (bicyclic) bond motifs is 1. The van der Waals surface area contributed by atoms with Crippen LogP contribution < -0.4 is 4.57 Å². The highest BCUT2D eigenvalue weighted by Gasteiger charge is 2.34. The van der Waals surface area contributed by atoms with Gasteiger partial charge in [0.1, 0.15) is 7.05 Å². The van der Waals surface area contributed by atoms with Crippen LogP contribution >= 0.6 is 0 Å². The second kappa shape index (κ2) is 3.47. The molecule has 0 amide bonds. The van der Waals surface area contributed by atoms with Crippen molar-refractivity contribution >= 4 is 10.9 Å². The third-order valence-corrected chi connectivity index (χ3v) is 2.65. The number of aromatic nitrogens is 1. The lowest BCUT2D eigenvalue weighted by Crippen LogP contribution is -2.29. The summed E-state index contributed by atoms with van der Waals surface area (Å²) >= 11 is 0. The van der Waals surface area contributed by atoms with Crippen molar-refractivity contribution in [1.82, 2.24) is 0 Å². The first-order valence-electron chi connectivity index (χ1n) is 4.86. The van der Waals surface area contributed by atoms with Crippen LogP contribution in [0.3, 0.4) is 0 Å². The molecule has 0 aliphatic heterocycles. The summed E-state index contributed by atoms with van der Waals surface area (Å²) in [6, 6.07) is 5.77. The minimum absolute atomic E-state index is 0.248.